The van der Waals surface area contributed by atoms with Crippen molar-refractivity contribution < 1.29 is 19.1 Å². The van der Waals surface area contributed by atoms with Crippen LogP contribution in [-0.4, -0.2) is 60.4 Å². The van der Waals surface area contributed by atoms with Gasteiger partial charge in [0.2, 0.25) is 5.91 Å². The van der Waals surface area contributed by atoms with Gasteiger partial charge in [0.25, 0.3) is 11.8 Å². The Kier molecular flexibility index (Phi) is 3.76. The molecule has 2 rings (SSSR count). The van der Waals surface area contributed by atoms with E-state index in [4.69, 9.17) is 4.74 Å². The molecule has 0 N–H and O–H groups in total. The highest BCUT2D eigenvalue weighted by atomic mass is 16.5. The summed E-state index contributed by atoms with van der Waals surface area (Å²) in [6.45, 7) is 4.02. The molecule has 0 aromatic rings. The van der Waals surface area contributed by atoms with Crippen molar-refractivity contribution in [3.8, 4) is 0 Å². The number of carbonyl (C=O) groups excluding carboxylic acids is 3. The van der Waals surface area contributed by atoms with Crippen LogP contribution in [0.25, 0.3) is 0 Å². The smallest absolute Gasteiger partial charge is 0.256 e. The second kappa shape index (κ2) is 5.30. The normalized spacial score (nSPS) is 20.4. The highest BCUT2D eigenvalue weighted by Crippen LogP contribution is 2.12. The van der Waals surface area contributed by atoms with Crippen LogP contribution >= 0.6 is 0 Å². The molecule has 2 heterocycles. The van der Waals surface area contributed by atoms with Crippen LogP contribution in [-0.2, 0) is 19.1 Å². The molecule has 2 aliphatic heterocycles. The molecule has 1 saturated heterocycles. The van der Waals surface area contributed by atoms with Crippen LogP contribution < -0.4 is 0 Å². The van der Waals surface area contributed by atoms with E-state index in [1.165, 1.54) is 6.08 Å². The van der Waals surface area contributed by atoms with Crippen molar-refractivity contribution in [1.29, 1.82) is 0 Å². The molecular weight excluding hydrogens is 236 g/mol. The van der Waals surface area contributed by atoms with E-state index in [9.17, 15) is 14.4 Å². The van der Waals surface area contributed by atoms with Crippen molar-refractivity contribution in [3.05, 3.63) is 11.6 Å². The van der Waals surface area contributed by atoms with Gasteiger partial charge in [-0.25, -0.2) is 0 Å². The predicted molar refractivity (Wildman–Crippen MR) is 62.5 cm³/mol. The first-order valence-corrected chi connectivity index (χ1v) is 5.99. The molecule has 1 fully saturated rings. The SMILES string of the molecule is CC1=CC(=O)N(CCC(=O)N2CCOCC2)C1=O. The minimum absolute atomic E-state index is 0.0385. The molecule has 0 aromatic heterocycles. The number of nitrogens with zero attached hydrogens (tertiary/aromatic N) is 2. The largest absolute Gasteiger partial charge is 0.378 e. The van der Waals surface area contributed by atoms with Crippen molar-refractivity contribution in [3.63, 3.8) is 0 Å². The molecule has 0 radical (unpaired) electrons. The van der Waals surface area contributed by atoms with Gasteiger partial charge >= 0.3 is 0 Å². The van der Waals surface area contributed by atoms with Gasteiger partial charge in [0.1, 0.15) is 0 Å². The number of hydrogen-bond donors (Lipinski definition) is 0. The van der Waals surface area contributed by atoms with Gasteiger partial charge in [0.05, 0.1) is 13.2 Å². The summed E-state index contributed by atoms with van der Waals surface area (Å²) in [5.74, 6) is -0.662. The van der Waals surface area contributed by atoms with Gasteiger partial charge < -0.3 is 9.64 Å². The highest BCUT2D eigenvalue weighted by Gasteiger charge is 2.29. The fraction of sp³-hybridized carbons (Fsp3) is 0.583. The molecule has 0 saturated carbocycles. The third-order valence-electron chi connectivity index (χ3n) is 3.10. The molecule has 18 heavy (non-hydrogen) atoms. The number of imide groups is 1. The minimum atomic E-state index is -0.327. The topological polar surface area (TPSA) is 66.9 Å². The maximum absolute atomic E-state index is 11.9. The van der Waals surface area contributed by atoms with E-state index in [0.29, 0.717) is 31.9 Å². The number of ether oxygens (including phenoxy) is 1. The summed E-state index contributed by atoms with van der Waals surface area (Å²) in [5, 5.41) is 0. The van der Waals surface area contributed by atoms with Gasteiger partial charge in [-0.05, 0) is 6.92 Å². The van der Waals surface area contributed by atoms with Crippen LogP contribution in [0.1, 0.15) is 13.3 Å². The van der Waals surface area contributed by atoms with Gasteiger partial charge in [-0.2, -0.15) is 0 Å². The van der Waals surface area contributed by atoms with Crippen LogP contribution in [0.4, 0.5) is 0 Å². The molecule has 0 aliphatic carbocycles. The van der Waals surface area contributed by atoms with E-state index < -0.39 is 0 Å². The fourth-order valence-corrected chi connectivity index (χ4v) is 2.03. The van der Waals surface area contributed by atoms with Gasteiger partial charge in [-0.1, -0.05) is 0 Å². The molecule has 6 nitrogen and oxygen atoms in total. The zero-order chi connectivity index (χ0) is 13.1. The zero-order valence-corrected chi connectivity index (χ0v) is 10.3. The number of rotatable bonds is 3. The highest BCUT2D eigenvalue weighted by molar-refractivity contribution is 6.15. The van der Waals surface area contributed by atoms with Gasteiger partial charge in [0.15, 0.2) is 0 Å². The standard InChI is InChI=1S/C12H16N2O4/c1-9-8-11(16)14(12(9)17)3-2-10(15)13-4-6-18-7-5-13/h8H,2-7H2,1H3. The van der Waals surface area contributed by atoms with Crippen LogP contribution in [0.2, 0.25) is 0 Å². The molecule has 0 atom stereocenters. The quantitative estimate of drug-likeness (QED) is 0.638. The van der Waals surface area contributed by atoms with Gasteiger partial charge in [-0.15, -0.1) is 0 Å². The molecule has 3 amide bonds. The fourth-order valence-electron chi connectivity index (χ4n) is 2.03. The number of amides is 3. The number of carbonyl (C=O) groups is 3. The monoisotopic (exact) mass is 252 g/mol. The van der Waals surface area contributed by atoms with E-state index in [-0.39, 0.29) is 30.7 Å². The van der Waals surface area contributed by atoms with Crippen molar-refractivity contribution in [2.45, 2.75) is 13.3 Å². The summed E-state index contributed by atoms with van der Waals surface area (Å²) < 4.78 is 5.16. The third kappa shape index (κ3) is 2.59. The minimum Gasteiger partial charge on any atom is -0.378 e. The number of morpholine rings is 1. The Morgan fingerprint density at radius 3 is 2.56 bits per heavy atom. The van der Waals surface area contributed by atoms with Crippen LogP contribution in [0.5, 0.6) is 0 Å². The average molecular weight is 252 g/mol. The van der Waals surface area contributed by atoms with Gasteiger partial charge in [0, 0.05) is 37.7 Å². The van der Waals surface area contributed by atoms with Gasteiger partial charge in [-0.3, -0.25) is 19.3 Å². The molecular formula is C12H16N2O4. The second-order valence-corrected chi connectivity index (χ2v) is 4.37. The van der Waals surface area contributed by atoms with E-state index in [2.05, 4.69) is 0 Å². The van der Waals surface area contributed by atoms with Crippen molar-refractivity contribution in [1.82, 2.24) is 9.80 Å². The lowest BCUT2D eigenvalue weighted by Crippen LogP contribution is -2.42. The Bertz CT molecular complexity index is 410. The Morgan fingerprint density at radius 1 is 1.33 bits per heavy atom. The summed E-state index contributed by atoms with van der Waals surface area (Å²) in [4.78, 5) is 37.7. The Labute approximate surface area is 105 Å². The summed E-state index contributed by atoms with van der Waals surface area (Å²) >= 11 is 0. The van der Waals surface area contributed by atoms with E-state index >= 15 is 0 Å². The molecule has 0 spiro atoms. The summed E-state index contributed by atoms with van der Waals surface area (Å²) in [6, 6.07) is 0. The molecule has 2 aliphatic rings. The number of hydrogen-bond acceptors (Lipinski definition) is 4. The summed E-state index contributed by atoms with van der Waals surface area (Å²) in [5.41, 5.74) is 0.429. The van der Waals surface area contributed by atoms with E-state index in [0.717, 1.165) is 4.90 Å². The lowest BCUT2D eigenvalue weighted by Gasteiger charge is -2.27. The van der Waals surface area contributed by atoms with Crippen molar-refractivity contribution in [2.75, 3.05) is 32.8 Å². The molecule has 98 valence electrons. The van der Waals surface area contributed by atoms with Crippen LogP contribution in [0.15, 0.2) is 11.6 Å². The van der Waals surface area contributed by atoms with E-state index in [1.807, 2.05) is 0 Å². The van der Waals surface area contributed by atoms with Crippen molar-refractivity contribution >= 4 is 17.7 Å². The summed E-state index contributed by atoms with van der Waals surface area (Å²) in [6.07, 6.45) is 1.49. The lowest BCUT2D eigenvalue weighted by molar-refractivity contribution is -0.139. The molecule has 0 bridgehead atoms. The Morgan fingerprint density at radius 2 is 2.00 bits per heavy atom. The first-order chi connectivity index (χ1) is 8.59. The molecule has 0 aromatic carbocycles. The Balaban J connectivity index is 1.83. The third-order valence-corrected chi connectivity index (χ3v) is 3.10. The average Bonchev–Trinajstić information content (AvgIpc) is 2.62. The maximum atomic E-state index is 11.9. The van der Waals surface area contributed by atoms with E-state index in [1.54, 1.807) is 11.8 Å². The lowest BCUT2D eigenvalue weighted by atomic mass is 10.3. The predicted octanol–water partition coefficient (Wildman–Crippen LogP) is -0.450. The molecule has 6 heteroatoms. The maximum Gasteiger partial charge on any atom is 0.256 e. The first kappa shape index (κ1) is 12.8. The molecule has 0 unspecified atom stereocenters. The van der Waals surface area contributed by atoms with Crippen molar-refractivity contribution in [2.24, 2.45) is 0 Å². The van der Waals surface area contributed by atoms with Crippen LogP contribution in [0, 0.1) is 0 Å². The first-order valence-electron chi connectivity index (χ1n) is 5.99. The van der Waals surface area contributed by atoms with Crippen LogP contribution in [0.3, 0.4) is 0 Å². The summed E-state index contributed by atoms with van der Waals surface area (Å²) in [7, 11) is 0. The second-order valence-electron chi connectivity index (χ2n) is 4.37. The zero-order valence-electron chi connectivity index (χ0n) is 10.3. The Hall–Kier alpha value is -1.69.